The summed E-state index contributed by atoms with van der Waals surface area (Å²) in [6.07, 6.45) is -0.570. The lowest BCUT2D eigenvalue weighted by Gasteiger charge is -2.27. The molecule has 1 aromatic rings. The Bertz CT molecular complexity index is 505. The summed E-state index contributed by atoms with van der Waals surface area (Å²) in [5.41, 5.74) is 5.87. The fourth-order valence-electron chi connectivity index (χ4n) is 1.58. The van der Waals surface area contributed by atoms with E-state index in [1.54, 1.807) is 6.07 Å². The Morgan fingerprint density at radius 1 is 1.47 bits per heavy atom. The maximum Gasteiger partial charge on any atom is 0.416 e. The maximum absolute atomic E-state index is 11.6. The number of carbonyl (C=O) groups excluding carboxylic acids is 2. The fraction of sp³-hybridized carbons (Fsp3) is 0.200. The topological polar surface area (TPSA) is 72.6 Å². The zero-order valence-electron chi connectivity index (χ0n) is 8.57. The minimum atomic E-state index is -0.570. The number of benzene rings is 1. The van der Waals surface area contributed by atoms with Gasteiger partial charge in [0.15, 0.2) is 5.75 Å². The zero-order valence-corrected chi connectivity index (χ0v) is 11.7. The molecule has 1 heterocycles. The van der Waals surface area contributed by atoms with Crippen molar-refractivity contribution >= 4 is 43.9 Å². The van der Waals surface area contributed by atoms with Gasteiger partial charge < -0.3 is 10.5 Å². The molecule has 1 aliphatic heterocycles. The Hall–Kier alpha value is -1.08. The third-order valence-electron chi connectivity index (χ3n) is 2.24. The standard InChI is InChI=1S/C10H8Br2N2O3/c11-6-1-5-3-14(4-8(13)15)10(16)17-9(5)7(12)2-6/h1-2H,3-4H2,(H2,13,15). The van der Waals surface area contributed by atoms with Crippen LogP contribution >= 0.6 is 31.9 Å². The highest BCUT2D eigenvalue weighted by molar-refractivity contribution is 9.11. The summed E-state index contributed by atoms with van der Waals surface area (Å²) in [5.74, 6) is -0.0848. The first-order valence-electron chi connectivity index (χ1n) is 4.70. The minimum Gasteiger partial charge on any atom is -0.409 e. The number of nitrogens with zero attached hydrogens (tertiary/aromatic N) is 1. The first-order chi connectivity index (χ1) is 7.97. The summed E-state index contributed by atoms with van der Waals surface area (Å²) in [7, 11) is 0. The molecule has 2 rings (SSSR count). The van der Waals surface area contributed by atoms with Crippen molar-refractivity contribution in [1.82, 2.24) is 4.90 Å². The molecule has 0 aliphatic carbocycles. The summed E-state index contributed by atoms with van der Waals surface area (Å²) < 4.78 is 6.69. The third kappa shape index (κ3) is 2.61. The smallest absolute Gasteiger partial charge is 0.409 e. The van der Waals surface area contributed by atoms with Crippen LogP contribution in [0.2, 0.25) is 0 Å². The van der Waals surface area contributed by atoms with Crippen molar-refractivity contribution in [2.45, 2.75) is 6.54 Å². The molecule has 17 heavy (non-hydrogen) atoms. The van der Waals surface area contributed by atoms with Gasteiger partial charge in [-0.1, -0.05) is 15.9 Å². The molecule has 2 N–H and O–H groups in total. The molecule has 0 fully saturated rings. The number of fused-ring (bicyclic) bond motifs is 1. The van der Waals surface area contributed by atoms with Crippen LogP contribution in [0.4, 0.5) is 4.79 Å². The molecule has 0 spiro atoms. The van der Waals surface area contributed by atoms with Gasteiger partial charge in [0.1, 0.15) is 6.54 Å². The molecule has 90 valence electrons. The predicted octanol–water partition coefficient (Wildman–Crippen LogP) is 2.01. The van der Waals surface area contributed by atoms with E-state index in [1.165, 1.54) is 4.90 Å². The van der Waals surface area contributed by atoms with Crippen molar-refractivity contribution in [2.75, 3.05) is 6.54 Å². The molecule has 1 aliphatic rings. The molecule has 7 heteroatoms. The van der Waals surface area contributed by atoms with Gasteiger partial charge in [0, 0.05) is 10.0 Å². The largest absolute Gasteiger partial charge is 0.416 e. The first-order valence-corrected chi connectivity index (χ1v) is 6.29. The van der Waals surface area contributed by atoms with E-state index in [0.717, 1.165) is 10.0 Å². The number of carbonyl (C=O) groups is 2. The Balaban J connectivity index is 2.34. The van der Waals surface area contributed by atoms with E-state index in [4.69, 9.17) is 10.5 Å². The highest BCUT2D eigenvalue weighted by atomic mass is 79.9. The summed E-state index contributed by atoms with van der Waals surface area (Å²) in [6.45, 7) is 0.150. The number of amides is 2. The van der Waals surface area contributed by atoms with E-state index < -0.39 is 12.0 Å². The number of hydrogen-bond donors (Lipinski definition) is 1. The van der Waals surface area contributed by atoms with Gasteiger partial charge in [0.05, 0.1) is 11.0 Å². The number of halogens is 2. The number of ether oxygens (including phenoxy) is 1. The van der Waals surface area contributed by atoms with Gasteiger partial charge >= 0.3 is 6.09 Å². The lowest BCUT2D eigenvalue weighted by atomic mass is 10.1. The molecule has 5 nitrogen and oxygen atoms in total. The Morgan fingerprint density at radius 2 is 2.18 bits per heavy atom. The van der Waals surface area contributed by atoms with E-state index in [0.29, 0.717) is 16.8 Å². The normalized spacial score (nSPS) is 14.2. The molecule has 0 unspecified atom stereocenters. The number of primary amides is 1. The van der Waals surface area contributed by atoms with Crippen molar-refractivity contribution in [3.8, 4) is 5.75 Å². The van der Waals surface area contributed by atoms with Gasteiger partial charge in [0.25, 0.3) is 0 Å². The predicted molar refractivity (Wildman–Crippen MR) is 67.5 cm³/mol. The maximum atomic E-state index is 11.6. The lowest BCUT2D eigenvalue weighted by molar-refractivity contribution is -0.119. The molecule has 1 aromatic carbocycles. The van der Waals surface area contributed by atoms with E-state index >= 15 is 0 Å². The van der Waals surface area contributed by atoms with Gasteiger partial charge in [-0.15, -0.1) is 0 Å². The fourth-order valence-corrected chi connectivity index (χ4v) is 2.97. The van der Waals surface area contributed by atoms with E-state index in [2.05, 4.69) is 31.9 Å². The SMILES string of the molecule is NC(=O)CN1Cc2cc(Br)cc(Br)c2OC1=O. The Kier molecular flexibility index (Phi) is 3.39. The van der Waals surface area contributed by atoms with Crippen molar-refractivity contribution in [1.29, 1.82) is 0 Å². The number of nitrogens with two attached hydrogens (primary N) is 1. The second-order valence-electron chi connectivity index (χ2n) is 3.57. The average Bonchev–Trinajstić information content (AvgIpc) is 2.20. The molecule has 0 atom stereocenters. The zero-order chi connectivity index (χ0) is 12.6. The first kappa shape index (κ1) is 12.4. The van der Waals surface area contributed by atoms with E-state index in [1.807, 2.05) is 6.07 Å². The molecule has 0 aromatic heterocycles. The van der Waals surface area contributed by atoms with Crippen LogP contribution in [0.15, 0.2) is 21.1 Å². The van der Waals surface area contributed by atoms with Crippen LogP contribution < -0.4 is 10.5 Å². The van der Waals surface area contributed by atoms with Crippen LogP contribution in [0, 0.1) is 0 Å². The van der Waals surface area contributed by atoms with Crippen molar-refractivity contribution in [3.63, 3.8) is 0 Å². The molecule has 0 saturated carbocycles. The highest BCUT2D eigenvalue weighted by Gasteiger charge is 2.27. The Labute approximate surface area is 114 Å². The highest BCUT2D eigenvalue weighted by Crippen LogP contribution is 2.36. The quantitative estimate of drug-likeness (QED) is 0.873. The molecule has 2 amide bonds. The van der Waals surface area contributed by atoms with Gasteiger partial charge in [-0.25, -0.2) is 4.79 Å². The van der Waals surface area contributed by atoms with Crippen LogP contribution in [0.5, 0.6) is 5.75 Å². The minimum absolute atomic E-state index is 0.150. The Morgan fingerprint density at radius 3 is 2.82 bits per heavy atom. The molecule has 0 saturated heterocycles. The lowest BCUT2D eigenvalue weighted by Crippen LogP contribution is -2.42. The summed E-state index contributed by atoms with van der Waals surface area (Å²) in [5, 5.41) is 0. The number of rotatable bonds is 2. The average molecular weight is 364 g/mol. The third-order valence-corrected chi connectivity index (χ3v) is 3.29. The van der Waals surface area contributed by atoms with Crippen molar-refractivity contribution in [2.24, 2.45) is 5.73 Å². The van der Waals surface area contributed by atoms with Crippen molar-refractivity contribution < 1.29 is 14.3 Å². The van der Waals surface area contributed by atoms with Crippen LogP contribution in [0.3, 0.4) is 0 Å². The van der Waals surface area contributed by atoms with Gasteiger partial charge in [-0.2, -0.15) is 0 Å². The van der Waals surface area contributed by atoms with Crippen LogP contribution in [0.25, 0.3) is 0 Å². The summed E-state index contributed by atoms with van der Waals surface area (Å²) >= 11 is 6.66. The number of hydrogen-bond acceptors (Lipinski definition) is 3. The summed E-state index contributed by atoms with van der Waals surface area (Å²) in [4.78, 5) is 23.7. The molecule has 0 radical (unpaired) electrons. The van der Waals surface area contributed by atoms with Crippen LogP contribution in [-0.2, 0) is 11.3 Å². The van der Waals surface area contributed by atoms with Crippen molar-refractivity contribution in [3.05, 3.63) is 26.6 Å². The monoisotopic (exact) mass is 362 g/mol. The van der Waals surface area contributed by atoms with Crippen LogP contribution in [0.1, 0.15) is 5.56 Å². The molecule has 0 bridgehead atoms. The molecular weight excluding hydrogens is 356 g/mol. The van der Waals surface area contributed by atoms with Crippen LogP contribution in [-0.4, -0.2) is 23.4 Å². The van der Waals surface area contributed by atoms with Gasteiger partial charge in [-0.3, -0.25) is 9.69 Å². The van der Waals surface area contributed by atoms with Gasteiger partial charge in [0.2, 0.25) is 5.91 Å². The second kappa shape index (κ2) is 4.66. The van der Waals surface area contributed by atoms with E-state index in [9.17, 15) is 9.59 Å². The van der Waals surface area contributed by atoms with E-state index in [-0.39, 0.29) is 6.54 Å². The molecular formula is C10H8Br2N2O3. The second-order valence-corrected chi connectivity index (χ2v) is 5.34. The van der Waals surface area contributed by atoms with Gasteiger partial charge in [-0.05, 0) is 28.1 Å². The summed E-state index contributed by atoms with van der Waals surface area (Å²) in [6, 6.07) is 3.62.